The number of sulfonamides is 1. The first-order valence-corrected chi connectivity index (χ1v) is 8.16. The second-order valence-corrected chi connectivity index (χ2v) is 7.16. The number of nitrogens with two attached hydrogens (primary N) is 1. The molecule has 0 aliphatic heterocycles. The molecular formula is C13H20N2O2S2. The van der Waals surface area contributed by atoms with E-state index < -0.39 is 10.0 Å². The van der Waals surface area contributed by atoms with Crippen LogP contribution in [-0.2, 0) is 15.8 Å². The smallest absolute Gasteiger partial charge is 0.216 e. The van der Waals surface area contributed by atoms with Gasteiger partial charge in [0.05, 0.1) is 5.75 Å². The first-order chi connectivity index (χ1) is 8.71. The number of nitrogens with one attached hydrogen (secondary N) is 1. The molecule has 1 aromatic rings. The van der Waals surface area contributed by atoms with E-state index in [1.807, 2.05) is 20.8 Å². The van der Waals surface area contributed by atoms with Crippen LogP contribution in [0.15, 0.2) is 24.3 Å². The second kappa shape index (κ2) is 6.45. The Hall–Kier alpha value is -0.980. The Balaban J connectivity index is 2.75. The summed E-state index contributed by atoms with van der Waals surface area (Å²) in [6.45, 7) is 5.81. The first kappa shape index (κ1) is 16.1. The van der Waals surface area contributed by atoms with Crippen LogP contribution in [-0.4, -0.2) is 19.4 Å². The van der Waals surface area contributed by atoms with Crippen LogP contribution in [0.1, 0.15) is 31.9 Å². The maximum absolute atomic E-state index is 12.0. The van der Waals surface area contributed by atoms with Crippen molar-refractivity contribution >= 4 is 27.2 Å². The standard InChI is InChI=1S/C13H20N2O2S2/c1-9(2)10(3)15-19(16,17)8-11-4-6-12(7-5-11)13(14)18/h4-7,9-10,15H,8H2,1-3H3,(H2,14,18). The summed E-state index contributed by atoms with van der Waals surface area (Å²) < 4.78 is 26.6. The van der Waals surface area contributed by atoms with Crippen molar-refractivity contribution in [3.8, 4) is 0 Å². The van der Waals surface area contributed by atoms with Gasteiger partial charge in [0.25, 0.3) is 0 Å². The topological polar surface area (TPSA) is 72.2 Å². The molecular weight excluding hydrogens is 280 g/mol. The zero-order valence-corrected chi connectivity index (χ0v) is 13.0. The Kier molecular flexibility index (Phi) is 5.46. The molecule has 1 aromatic carbocycles. The van der Waals surface area contributed by atoms with Gasteiger partial charge in [-0.2, -0.15) is 0 Å². The minimum absolute atomic E-state index is 0.0400. The summed E-state index contributed by atoms with van der Waals surface area (Å²) in [7, 11) is -3.33. The highest BCUT2D eigenvalue weighted by molar-refractivity contribution is 7.88. The highest BCUT2D eigenvalue weighted by atomic mass is 32.2. The Labute approximate surface area is 120 Å². The van der Waals surface area contributed by atoms with Gasteiger partial charge in [-0.25, -0.2) is 13.1 Å². The Morgan fingerprint density at radius 3 is 2.21 bits per heavy atom. The molecule has 1 rings (SSSR count). The van der Waals surface area contributed by atoms with E-state index in [0.717, 1.165) is 5.56 Å². The minimum atomic E-state index is -3.33. The van der Waals surface area contributed by atoms with Crippen molar-refractivity contribution in [2.24, 2.45) is 11.7 Å². The molecule has 0 radical (unpaired) electrons. The van der Waals surface area contributed by atoms with E-state index in [0.29, 0.717) is 10.6 Å². The van der Waals surface area contributed by atoms with Crippen molar-refractivity contribution < 1.29 is 8.42 Å². The zero-order chi connectivity index (χ0) is 14.6. The molecule has 0 heterocycles. The fraction of sp³-hybridized carbons (Fsp3) is 0.462. The lowest BCUT2D eigenvalue weighted by Crippen LogP contribution is -2.36. The van der Waals surface area contributed by atoms with Crippen molar-refractivity contribution in [1.29, 1.82) is 0 Å². The molecule has 0 saturated heterocycles. The van der Waals surface area contributed by atoms with Gasteiger partial charge in [-0.3, -0.25) is 0 Å². The summed E-state index contributed by atoms with van der Waals surface area (Å²) in [5.41, 5.74) is 6.94. The van der Waals surface area contributed by atoms with E-state index in [1.165, 1.54) is 0 Å². The first-order valence-electron chi connectivity index (χ1n) is 6.10. The molecule has 6 heteroatoms. The van der Waals surface area contributed by atoms with Crippen molar-refractivity contribution in [2.45, 2.75) is 32.6 Å². The van der Waals surface area contributed by atoms with Crippen molar-refractivity contribution in [1.82, 2.24) is 4.72 Å². The molecule has 106 valence electrons. The highest BCUT2D eigenvalue weighted by Gasteiger charge is 2.17. The average molecular weight is 300 g/mol. The maximum atomic E-state index is 12.0. The summed E-state index contributed by atoms with van der Waals surface area (Å²) in [5, 5.41) is 0. The predicted molar refractivity (Wildman–Crippen MR) is 82.4 cm³/mol. The number of rotatable bonds is 6. The van der Waals surface area contributed by atoms with Gasteiger partial charge in [-0.15, -0.1) is 0 Å². The fourth-order valence-corrected chi connectivity index (χ4v) is 3.13. The van der Waals surface area contributed by atoms with Gasteiger partial charge < -0.3 is 5.73 Å². The lowest BCUT2D eigenvalue weighted by Gasteiger charge is -2.17. The fourth-order valence-electron chi connectivity index (χ4n) is 1.45. The summed E-state index contributed by atoms with van der Waals surface area (Å²) in [6, 6.07) is 6.85. The zero-order valence-electron chi connectivity index (χ0n) is 11.4. The number of hydrogen-bond donors (Lipinski definition) is 2. The summed E-state index contributed by atoms with van der Waals surface area (Å²) in [6.07, 6.45) is 0. The van der Waals surface area contributed by atoms with Crippen molar-refractivity contribution in [3.63, 3.8) is 0 Å². The average Bonchev–Trinajstić information content (AvgIpc) is 2.28. The lowest BCUT2D eigenvalue weighted by molar-refractivity contribution is 0.476. The molecule has 0 aliphatic carbocycles. The molecule has 4 nitrogen and oxygen atoms in total. The molecule has 3 N–H and O–H groups in total. The van der Waals surface area contributed by atoms with Crippen LogP contribution < -0.4 is 10.5 Å². The summed E-state index contributed by atoms with van der Waals surface area (Å²) in [5.74, 6) is 0.216. The van der Waals surface area contributed by atoms with Gasteiger partial charge in [0.15, 0.2) is 0 Å². The summed E-state index contributed by atoms with van der Waals surface area (Å²) in [4.78, 5) is 0.306. The molecule has 0 fully saturated rings. The van der Waals surface area contributed by atoms with Crippen LogP contribution >= 0.6 is 12.2 Å². The molecule has 0 aliphatic rings. The third-order valence-corrected chi connectivity index (χ3v) is 4.64. The SMILES string of the molecule is CC(C)C(C)NS(=O)(=O)Cc1ccc(C(N)=S)cc1. The van der Waals surface area contributed by atoms with Gasteiger partial charge in [0.1, 0.15) is 4.99 Å². The second-order valence-electron chi connectivity index (χ2n) is 4.97. The Bertz CT molecular complexity index is 536. The molecule has 0 spiro atoms. The third-order valence-electron chi connectivity index (χ3n) is 2.96. The van der Waals surface area contributed by atoms with E-state index in [2.05, 4.69) is 4.72 Å². The van der Waals surface area contributed by atoms with Gasteiger partial charge in [0.2, 0.25) is 10.0 Å². The maximum Gasteiger partial charge on any atom is 0.216 e. The molecule has 0 saturated carbocycles. The van der Waals surface area contributed by atoms with Gasteiger partial charge in [-0.1, -0.05) is 50.3 Å². The van der Waals surface area contributed by atoms with Crippen LogP contribution in [0.4, 0.5) is 0 Å². The van der Waals surface area contributed by atoms with Gasteiger partial charge in [0, 0.05) is 11.6 Å². The van der Waals surface area contributed by atoms with Crippen LogP contribution in [0, 0.1) is 5.92 Å². The Morgan fingerprint density at radius 2 is 1.79 bits per heavy atom. The highest BCUT2D eigenvalue weighted by Crippen LogP contribution is 2.10. The lowest BCUT2D eigenvalue weighted by atomic mass is 10.1. The third kappa shape index (κ3) is 5.26. The molecule has 1 atom stereocenters. The largest absolute Gasteiger partial charge is 0.389 e. The van der Waals surface area contributed by atoms with E-state index in [1.54, 1.807) is 24.3 Å². The van der Waals surface area contributed by atoms with E-state index in [-0.39, 0.29) is 17.7 Å². The molecule has 0 amide bonds. The molecule has 0 aromatic heterocycles. The van der Waals surface area contributed by atoms with Crippen molar-refractivity contribution in [3.05, 3.63) is 35.4 Å². The minimum Gasteiger partial charge on any atom is -0.389 e. The van der Waals surface area contributed by atoms with Crippen LogP contribution in [0.25, 0.3) is 0 Å². The predicted octanol–water partition coefficient (Wildman–Crippen LogP) is 1.78. The van der Waals surface area contributed by atoms with Crippen LogP contribution in [0.3, 0.4) is 0 Å². The monoisotopic (exact) mass is 300 g/mol. The number of benzene rings is 1. The Morgan fingerprint density at radius 1 is 1.26 bits per heavy atom. The number of hydrogen-bond acceptors (Lipinski definition) is 3. The quantitative estimate of drug-likeness (QED) is 0.786. The van der Waals surface area contributed by atoms with E-state index in [4.69, 9.17) is 18.0 Å². The number of thiocarbonyl (C=S) groups is 1. The summed E-state index contributed by atoms with van der Waals surface area (Å²) >= 11 is 4.85. The normalized spacial score (nSPS) is 13.5. The molecule has 0 bridgehead atoms. The molecule has 19 heavy (non-hydrogen) atoms. The van der Waals surface area contributed by atoms with Crippen LogP contribution in [0.5, 0.6) is 0 Å². The van der Waals surface area contributed by atoms with Crippen molar-refractivity contribution in [2.75, 3.05) is 0 Å². The van der Waals surface area contributed by atoms with E-state index >= 15 is 0 Å². The van der Waals surface area contributed by atoms with Gasteiger partial charge >= 0.3 is 0 Å². The van der Waals surface area contributed by atoms with E-state index in [9.17, 15) is 8.42 Å². The molecule has 1 unspecified atom stereocenters. The van der Waals surface area contributed by atoms with Crippen LogP contribution in [0.2, 0.25) is 0 Å². The van der Waals surface area contributed by atoms with Gasteiger partial charge in [-0.05, 0) is 18.4 Å².